The number of rotatable bonds is 2. The number of nitrogens with one attached hydrogen (secondary N) is 1. The fraction of sp³-hybridized carbons (Fsp3) is 0.667. The summed E-state index contributed by atoms with van der Waals surface area (Å²) in [6, 6.07) is 1.04. The van der Waals surface area contributed by atoms with Crippen molar-refractivity contribution in [2.24, 2.45) is 0 Å². The molecule has 2 saturated heterocycles. The van der Waals surface area contributed by atoms with E-state index in [2.05, 4.69) is 20.2 Å². The van der Waals surface area contributed by atoms with Gasteiger partial charge in [0.05, 0.1) is 0 Å². The Morgan fingerprint density at radius 1 is 1.28 bits per heavy atom. The van der Waals surface area contributed by atoms with E-state index < -0.39 is 0 Å². The first-order chi connectivity index (χ1) is 8.75. The number of fused-ring (bicyclic) bond motifs is 1. The Bertz CT molecular complexity index is 438. The lowest BCUT2D eigenvalue weighted by atomic mass is 9.99. The molecule has 98 valence electrons. The van der Waals surface area contributed by atoms with E-state index in [0.29, 0.717) is 28.7 Å². The number of aromatic nitrogens is 2. The molecular weight excluding hydrogens is 250 g/mol. The van der Waals surface area contributed by atoms with Gasteiger partial charge in [-0.15, -0.1) is 0 Å². The van der Waals surface area contributed by atoms with Crippen molar-refractivity contribution in [3.63, 3.8) is 0 Å². The highest BCUT2D eigenvalue weighted by atomic mass is 35.5. The number of hydrogen-bond acceptors (Lipinski definition) is 5. The molecule has 0 amide bonds. The van der Waals surface area contributed by atoms with Crippen LogP contribution in [-0.2, 0) is 0 Å². The van der Waals surface area contributed by atoms with Crippen molar-refractivity contribution in [3.05, 3.63) is 11.3 Å². The van der Waals surface area contributed by atoms with E-state index in [1.807, 2.05) is 0 Å². The van der Waals surface area contributed by atoms with E-state index in [0.717, 1.165) is 6.42 Å². The standard InChI is InChI=1S/C12H18ClN5/c13-10-11(14)15-7-16-12(10)17-8-4-6-18-5-2-1-3-9(8)18/h7-9H,1-6H2,(H3,14,15,16,17). The second-order valence-corrected chi connectivity index (χ2v) is 5.44. The van der Waals surface area contributed by atoms with Crippen molar-refractivity contribution in [2.75, 3.05) is 24.1 Å². The first-order valence-electron chi connectivity index (χ1n) is 6.52. The molecule has 2 aliphatic rings. The highest BCUT2D eigenvalue weighted by molar-refractivity contribution is 6.35. The Morgan fingerprint density at radius 3 is 3.06 bits per heavy atom. The Kier molecular flexibility index (Phi) is 3.26. The van der Waals surface area contributed by atoms with Crippen LogP contribution in [0.5, 0.6) is 0 Å². The van der Waals surface area contributed by atoms with Gasteiger partial charge in [0, 0.05) is 18.6 Å². The number of anilines is 2. The quantitative estimate of drug-likeness (QED) is 0.855. The molecule has 3 rings (SSSR count). The number of nitrogens with two attached hydrogens (primary N) is 1. The number of nitrogens with zero attached hydrogens (tertiary/aromatic N) is 3. The zero-order valence-corrected chi connectivity index (χ0v) is 11.0. The lowest BCUT2D eigenvalue weighted by Gasteiger charge is -2.32. The minimum Gasteiger partial charge on any atom is -0.382 e. The molecule has 0 aliphatic carbocycles. The van der Waals surface area contributed by atoms with Crippen LogP contribution in [0.2, 0.25) is 5.02 Å². The molecule has 5 nitrogen and oxygen atoms in total. The van der Waals surface area contributed by atoms with Crippen LogP contribution < -0.4 is 11.1 Å². The predicted octanol–water partition coefficient (Wildman–Crippen LogP) is 1.75. The van der Waals surface area contributed by atoms with Gasteiger partial charge in [-0.2, -0.15) is 0 Å². The fourth-order valence-electron chi connectivity index (χ4n) is 3.08. The largest absolute Gasteiger partial charge is 0.382 e. The third kappa shape index (κ3) is 2.12. The van der Waals surface area contributed by atoms with Gasteiger partial charge in [-0.25, -0.2) is 9.97 Å². The van der Waals surface area contributed by atoms with E-state index in [1.165, 1.54) is 38.7 Å². The Morgan fingerprint density at radius 2 is 2.17 bits per heavy atom. The van der Waals surface area contributed by atoms with Crippen LogP contribution >= 0.6 is 11.6 Å². The molecule has 0 bridgehead atoms. The van der Waals surface area contributed by atoms with Crippen molar-refractivity contribution in [3.8, 4) is 0 Å². The van der Waals surface area contributed by atoms with Gasteiger partial charge in [-0.05, 0) is 25.8 Å². The second kappa shape index (κ2) is 4.90. The summed E-state index contributed by atoms with van der Waals surface area (Å²) >= 11 is 6.12. The van der Waals surface area contributed by atoms with E-state index in [-0.39, 0.29) is 0 Å². The summed E-state index contributed by atoms with van der Waals surface area (Å²) in [7, 11) is 0. The van der Waals surface area contributed by atoms with E-state index >= 15 is 0 Å². The molecule has 0 aromatic carbocycles. The zero-order chi connectivity index (χ0) is 12.5. The molecule has 1 aromatic rings. The molecule has 0 radical (unpaired) electrons. The lowest BCUT2D eigenvalue weighted by molar-refractivity contribution is 0.192. The first-order valence-corrected chi connectivity index (χ1v) is 6.90. The van der Waals surface area contributed by atoms with E-state index in [9.17, 15) is 0 Å². The topological polar surface area (TPSA) is 67.1 Å². The number of hydrogen-bond donors (Lipinski definition) is 2. The molecule has 0 saturated carbocycles. The molecule has 6 heteroatoms. The highest BCUT2D eigenvalue weighted by Gasteiger charge is 2.35. The van der Waals surface area contributed by atoms with E-state index in [4.69, 9.17) is 17.3 Å². The number of piperidine rings is 1. The number of nitrogen functional groups attached to an aromatic ring is 1. The van der Waals surface area contributed by atoms with Crippen LogP contribution in [0, 0.1) is 0 Å². The van der Waals surface area contributed by atoms with Crippen LogP contribution in [0.1, 0.15) is 25.7 Å². The molecule has 3 N–H and O–H groups in total. The summed E-state index contributed by atoms with van der Waals surface area (Å²) in [5.74, 6) is 1.01. The summed E-state index contributed by atoms with van der Waals surface area (Å²) in [4.78, 5) is 10.6. The fourth-order valence-corrected chi connectivity index (χ4v) is 3.23. The van der Waals surface area contributed by atoms with Gasteiger partial charge >= 0.3 is 0 Å². The average molecular weight is 268 g/mol. The minimum absolute atomic E-state index is 0.340. The van der Waals surface area contributed by atoms with Gasteiger partial charge in [-0.3, -0.25) is 4.90 Å². The van der Waals surface area contributed by atoms with Crippen molar-refractivity contribution in [1.82, 2.24) is 14.9 Å². The summed E-state index contributed by atoms with van der Waals surface area (Å²) in [5.41, 5.74) is 5.69. The highest BCUT2D eigenvalue weighted by Crippen LogP contribution is 2.31. The SMILES string of the molecule is Nc1ncnc(NC2CCN3CCCCC23)c1Cl. The van der Waals surface area contributed by atoms with Crippen LogP contribution in [0.15, 0.2) is 6.33 Å². The van der Waals surface area contributed by atoms with Crippen LogP contribution in [0.25, 0.3) is 0 Å². The van der Waals surface area contributed by atoms with Crippen molar-refractivity contribution < 1.29 is 0 Å². The summed E-state index contributed by atoms with van der Waals surface area (Å²) in [6.45, 7) is 2.39. The maximum atomic E-state index is 6.12. The third-order valence-corrected chi connectivity index (χ3v) is 4.37. The molecule has 2 aliphatic heterocycles. The molecule has 0 spiro atoms. The molecule has 1 aromatic heterocycles. The van der Waals surface area contributed by atoms with E-state index in [1.54, 1.807) is 0 Å². The van der Waals surface area contributed by atoms with Crippen molar-refractivity contribution >= 4 is 23.2 Å². The monoisotopic (exact) mass is 267 g/mol. The van der Waals surface area contributed by atoms with Gasteiger partial charge in [0.1, 0.15) is 17.2 Å². The lowest BCUT2D eigenvalue weighted by Crippen LogP contribution is -2.41. The average Bonchev–Trinajstić information content (AvgIpc) is 2.79. The molecule has 18 heavy (non-hydrogen) atoms. The minimum atomic E-state index is 0.340. The third-order valence-electron chi connectivity index (χ3n) is 3.99. The predicted molar refractivity (Wildman–Crippen MR) is 72.7 cm³/mol. The molecular formula is C12H18ClN5. The van der Waals surface area contributed by atoms with Crippen LogP contribution in [0.4, 0.5) is 11.6 Å². The van der Waals surface area contributed by atoms with Gasteiger partial charge in [-0.1, -0.05) is 18.0 Å². The van der Waals surface area contributed by atoms with Crippen LogP contribution in [-0.4, -0.2) is 40.0 Å². The molecule has 2 fully saturated rings. The Balaban J connectivity index is 1.74. The summed E-state index contributed by atoms with van der Waals surface area (Å²) in [5, 5.41) is 3.88. The Hall–Kier alpha value is -1.07. The van der Waals surface area contributed by atoms with Gasteiger partial charge in [0.2, 0.25) is 0 Å². The van der Waals surface area contributed by atoms with Crippen molar-refractivity contribution in [2.45, 2.75) is 37.8 Å². The smallest absolute Gasteiger partial charge is 0.150 e. The maximum absolute atomic E-state index is 6.12. The van der Waals surface area contributed by atoms with Crippen LogP contribution in [0.3, 0.4) is 0 Å². The first kappa shape index (κ1) is 12.0. The van der Waals surface area contributed by atoms with Gasteiger partial charge < -0.3 is 11.1 Å². The molecule has 2 atom stereocenters. The normalized spacial score (nSPS) is 28.1. The molecule has 2 unspecified atom stereocenters. The maximum Gasteiger partial charge on any atom is 0.150 e. The van der Waals surface area contributed by atoms with Gasteiger partial charge in [0.15, 0.2) is 5.82 Å². The molecule has 3 heterocycles. The summed E-state index contributed by atoms with van der Waals surface area (Å²) in [6.07, 6.45) is 6.50. The van der Waals surface area contributed by atoms with Crippen molar-refractivity contribution in [1.29, 1.82) is 0 Å². The van der Waals surface area contributed by atoms with Gasteiger partial charge in [0.25, 0.3) is 0 Å². The zero-order valence-electron chi connectivity index (χ0n) is 10.3. The summed E-state index contributed by atoms with van der Waals surface area (Å²) < 4.78 is 0. The number of halogens is 1. The Labute approximate surface area is 112 Å². The second-order valence-electron chi connectivity index (χ2n) is 5.06.